The van der Waals surface area contributed by atoms with E-state index in [0.717, 1.165) is 24.4 Å². The van der Waals surface area contributed by atoms with Crippen LogP contribution in [0.4, 0.5) is 27.6 Å². The number of halogens is 5. The van der Waals surface area contributed by atoms with Gasteiger partial charge in [0.1, 0.15) is 22.9 Å². The predicted molar refractivity (Wildman–Crippen MR) is 100 cm³/mol. The molecule has 0 spiro atoms. The topological polar surface area (TPSA) is 89.6 Å². The molecule has 0 saturated carbocycles. The second-order valence-corrected chi connectivity index (χ2v) is 7.46. The smallest absolute Gasteiger partial charge is 0.387 e. The van der Waals surface area contributed by atoms with Crippen LogP contribution in [0.15, 0.2) is 41.5 Å². The van der Waals surface area contributed by atoms with Crippen LogP contribution in [0.1, 0.15) is 28.9 Å². The zero-order chi connectivity index (χ0) is 22.4. The van der Waals surface area contributed by atoms with Crippen molar-refractivity contribution >= 4 is 17.4 Å². The van der Waals surface area contributed by atoms with Crippen molar-refractivity contribution in [3.05, 3.63) is 59.4 Å². The van der Waals surface area contributed by atoms with E-state index >= 15 is 0 Å². The third kappa shape index (κ3) is 3.85. The SMILES string of the molecule is NC1=N[C@@]2(c3cc(NC(=O)c4ccc(F)cn4)ccc3F)COC(C(F)(F)F)[C@H]2CC1. The fourth-order valence-electron chi connectivity index (χ4n) is 4.11. The Bertz CT molecular complexity index is 1040. The Labute approximate surface area is 173 Å². The van der Waals surface area contributed by atoms with E-state index < -0.39 is 47.9 Å². The van der Waals surface area contributed by atoms with Gasteiger partial charge in [-0.25, -0.2) is 13.8 Å². The Morgan fingerprint density at radius 1 is 1.23 bits per heavy atom. The largest absolute Gasteiger partial charge is 0.414 e. The molecule has 0 radical (unpaired) electrons. The molecule has 0 aliphatic carbocycles. The molecule has 2 aliphatic rings. The molecule has 1 fully saturated rings. The number of fused-ring (bicyclic) bond motifs is 1. The van der Waals surface area contributed by atoms with Crippen molar-refractivity contribution in [2.24, 2.45) is 16.6 Å². The highest BCUT2D eigenvalue weighted by Crippen LogP contribution is 2.52. The van der Waals surface area contributed by atoms with Gasteiger partial charge >= 0.3 is 6.18 Å². The number of ether oxygens (including phenoxy) is 1. The highest BCUT2D eigenvalue weighted by molar-refractivity contribution is 6.02. The lowest BCUT2D eigenvalue weighted by Crippen LogP contribution is -2.45. The molecule has 0 bridgehead atoms. The first-order valence-corrected chi connectivity index (χ1v) is 9.35. The minimum Gasteiger partial charge on any atom is -0.387 e. The zero-order valence-electron chi connectivity index (χ0n) is 15.9. The quantitative estimate of drug-likeness (QED) is 0.715. The van der Waals surface area contributed by atoms with Crippen molar-refractivity contribution in [1.29, 1.82) is 0 Å². The molecule has 164 valence electrons. The number of aliphatic imine (C=N–C) groups is 1. The number of amidine groups is 1. The molecule has 2 aromatic rings. The summed E-state index contributed by atoms with van der Waals surface area (Å²) in [5.41, 5.74) is 4.00. The molecule has 2 aliphatic heterocycles. The van der Waals surface area contributed by atoms with Crippen LogP contribution in [0.3, 0.4) is 0 Å². The maximum absolute atomic E-state index is 14.8. The lowest BCUT2D eigenvalue weighted by molar-refractivity contribution is -0.217. The maximum Gasteiger partial charge on any atom is 0.414 e. The van der Waals surface area contributed by atoms with Gasteiger partial charge in [0.2, 0.25) is 0 Å². The molecule has 6 nitrogen and oxygen atoms in total. The van der Waals surface area contributed by atoms with E-state index in [4.69, 9.17) is 10.5 Å². The van der Waals surface area contributed by atoms with Gasteiger partial charge in [-0.05, 0) is 36.8 Å². The van der Waals surface area contributed by atoms with Crippen LogP contribution in [0.25, 0.3) is 0 Å². The number of hydrogen-bond acceptors (Lipinski definition) is 5. The number of alkyl halides is 3. The van der Waals surface area contributed by atoms with E-state index in [-0.39, 0.29) is 35.6 Å². The van der Waals surface area contributed by atoms with E-state index in [1.165, 1.54) is 12.1 Å². The van der Waals surface area contributed by atoms with E-state index in [9.17, 15) is 26.7 Å². The number of nitrogens with two attached hydrogens (primary N) is 1. The molecule has 3 atom stereocenters. The van der Waals surface area contributed by atoms with Crippen molar-refractivity contribution in [2.45, 2.75) is 30.7 Å². The molecule has 1 amide bonds. The Balaban J connectivity index is 1.71. The molecular formula is C20H17F5N4O2. The molecule has 1 aromatic heterocycles. The first-order valence-electron chi connectivity index (χ1n) is 9.35. The summed E-state index contributed by atoms with van der Waals surface area (Å²) in [6.07, 6.45) is -5.73. The predicted octanol–water partition coefficient (Wildman–Crippen LogP) is 3.54. The number of amides is 1. The third-order valence-corrected chi connectivity index (χ3v) is 5.49. The number of aromatic nitrogens is 1. The number of nitrogens with zero attached hydrogens (tertiary/aromatic N) is 2. The zero-order valence-corrected chi connectivity index (χ0v) is 15.9. The fourth-order valence-corrected chi connectivity index (χ4v) is 4.11. The number of hydrogen-bond donors (Lipinski definition) is 2. The standard InChI is InChI=1S/C20H17F5N4O2/c21-10-1-5-15(27-8-10)18(30)28-11-2-4-14(22)13(7-11)19-9-31-17(20(23,24)25)12(19)3-6-16(26)29-19/h1-2,4-5,7-8,12,17H,3,6,9H2,(H2,26,29)(H,28,30)/t12-,17?,19+/m1/s1. The molecular weight excluding hydrogens is 423 g/mol. The van der Waals surface area contributed by atoms with Crippen LogP contribution < -0.4 is 11.1 Å². The second kappa shape index (κ2) is 7.56. The summed E-state index contributed by atoms with van der Waals surface area (Å²) in [6, 6.07) is 5.70. The summed E-state index contributed by atoms with van der Waals surface area (Å²) in [6.45, 7) is -0.504. The summed E-state index contributed by atoms with van der Waals surface area (Å²) < 4.78 is 73.3. The normalized spacial score (nSPS) is 25.6. The third-order valence-electron chi connectivity index (χ3n) is 5.49. The lowest BCUT2D eigenvalue weighted by atomic mass is 9.73. The molecule has 3 heterocycles. The van der Waals surface area contributed by atoms with Gasteiger partial charge < -0.3 is 15.8 Å². The minimum atomic E-state index is -4.65. The average molecular weight is 440 g/mol. The molecule has 31 heavy (non-hydrogen) atoms. The van der Waals surface area contributed by atoms with Crippen LogP contribution in [-0.2, 0) is 10.3 Å². The van der Waals surface area contributed by atoms with Crippen LogP contribution in [0.5, 0.6) is 0 Å². The molecule has 1 aromatic carbocycles. The van der Waals surface area contributed by atoms with E-state index in [0.29, 0.717) is 0 Å². The highest BCUT2D eigenvalue weighted by Gasteiger charge is 2.61. The van der Waals surface area contributed by atoms with Gasteiger partial charge in [0.05, 0.1) is 18.6 Å². The number of rotatable bonds is 3. The van der Waals surface area contributed by atoms with Gasteiger partial charge in [0.15, 0.2) is 6.10 Å². The number of benzene rings is 1. The van der Waals surface area contributed by atoms with Crippen LogP contribution in [-0.4, -0.2) is 35.6 Å². The average Bonchev–Trinajstić information content (AvgIpc) is 3.09. The van der Waals surface area contributed by atoms with Gasteiger partial charge in [-0.2, -0.15) is 13.2 Å². The molecule has 3 N–H and O–H groups in total. The van der Waals surface area contributed by atoms with Crippen LogP contribution in [0, 0.1) is 17.6 Å². The Morgan fingerprint density at radius 2 is 2.00 bits per heavy atom. The first kappa shape index (κ1) is 21.2. The first-order chi connectivity index (χ1) is 14.6. The van der Waals surface area contributed by atoms with Crippen molar-refractivity contribution in [1.82, 2.24) is 4.98 Å². The summed E-state index contributed by atoms with van der Waals surface area (Å²) in [5, 5.41) is 2.48. The monoisotopic (exact) mass is 440 g/mol. The number of carbonyl (C=O) groups excluding carboxylic acids is 1. The number of anilines is 1. The second-order valence-electron chi connectivity index (χ2n) is 7.46. The van der Waals surface area contributed by atoms with Gasteiger partial charge in [0.25, 0.3) is 5.91 Å². The van der Waals surface area contributed by atoms with Gasteiger partial charge in [0, 0.05) is 23.6 Å². The number of nitrogens with one attached hydrogen (secondary N) is 1. The highest BCUT2D eigenvalue weighted by atomic mass is 19.4. The van der Waals surface area contributed by atoms with Crippen molar-refractivity contribution in [3.63, 3.8) is 0 Å². The van der Waals surface area contributed by atoms with Crippen LogP contribution in [0.2, 0.25) is 0 Å². The Morgan fingerprint density at radius 3 is 2.68 bits per heavy atom. The molecule has 1 unspecified atom stereocenters. The van der Waals surface area contributed by atoms with E-state index in [1.807, 2.05) is 0 Å². The van der Waals surface area contributed by atoms with Gasteiger partial charge in [-0.3, -0.25) is 9.79 Å². The van der Waals surface area contributed by atoms with Crippen molar-refractivity contribution < 1.29 is 31.5 Å². The summed E-state index contributed by atoms with van der Waals surface area (Å²) in [5.74, 6) is -3.19. The molecule has 1 saturated heterocycles. The lowest BCUT2D eigenvalue weighted by Gasteiger charge is -2.36. The van der Waals surface area contributed by atoms with E-state index in [1.54, 1.807) is 0 Å². The summed E-state index contributed by atoms with van der Waals surface area (Å²) in [7, 11) is 0. The number of pyridine rings is 1. The number of carbonyl (C=O) groups is 1. The van der Waals surface area contributed by atoms with E-state index in [2.05, 4.69) is 15.3 Å². The summed E-state index contributed by atoms with van der Waals surface area (Å²) in [4.78, 5) is 20.2. The van der Waals surface area contributed by atoms with Crippen molar-refractivity contribution in [2.75, 3.05) is 11.9 Å². The fraction of sp³-hybridized carbons (Fsp3) is 0.350. The molecule has 4 rings (SSSR count). The maximum atomic E-state index is 14.8. The summed E-state index contributed by atoms with van der Waals surface area (Å²) >= 11 is 0. The Hall–Kier alpha value is -3.08. The van der Waals surface area contributed by atoms with Crippen LogP contribution >= 0.6 is 0 Å². The molecule has 11 heteroatoms. The van der Waals surface area contributed by atoms with Gasteiger partial charge in [-0.15, -0.1) is 0 Å². The minimum absolute atomic E-state index is 0.0229. The van der Waals surface area contributed by atoms with Crippen molar-refractivity contribution in [3.8, 4) is 0 Å². The van der Waals surface area contributed by atoms with Gasteiger partial charge in [-0.1, -0.05) is 0 Å². The Kier molecular flexibility index (Phi) is 5.16.